The fraction of sp³-hybridized carbons (Fsp3) is 0.0769. The second-order valence-corrected chi connectivity index (χ2v) is 5.05. The van der Waals surface area contributed by atoms with E-state index in [1.54, 1.807) is 0 Å². The molecule has 20 heavy (non-hydrogen) atoms. The molecule has 0 atom stereocenters. The highest BCUT2D eigenvalue weighted by atomic mass is 32.2. The number of imidazole rings is 1. The normalized spacial score (nSPS) is 11.9. The summed E-state index contributed by atoms with van der Waals surface area (Å²) in [6.07, 6.45) is -3.54. The van der Waals surface area contributed by atoms with Crippen LogP contribution in [0.15, 0.2) is 52.8 Å². The van der Waals surface area contributed by atoms with E-state index < -0.39 is 11.7 Å². The standard InChI is InChI=1S/C13H8F3N3S/c14-13(15,16)8-5-6-11(17-7-8)20-12-18-9-3-1-2-4-10(9)19-12/h1-7H,(H,18,19). The lowest BCUT2D eigenvalue weighted by atomic mass is 10.3. The van der Waals surface area contributed by atoms with Gasteiger partial charge < -0.3 is 4.98 Å². The Balaban J connectivity index is 1.84. The van der Waals surface area contributed by atoms with Gasteiger partial charge in [-0.15, -0.1) is 0 Å². The molecule has 0 spiro atoms. The summed E-state index contributed by atoms with van der Waals surface area (Å²) in [6.45, 7) is 0. The van der Waals surface area contributed by atoms with Crippen molar-refractivity contribution in [2.24, 2.45) is 0 Å². The Bertz CT molecular complexity index is 701. The average Bonchev–Trinajstić information content (AvgIpc) is 2.80. The predicted molar refractivity (Wildman–Crippen MR) is 69.5 cm³/mol. The van der Waals surface area contributed by atoms with Crippen LogP contribution in [0.2, 0.25) is 0 Å². The summed E-state index contributed by atoms with van der Waals surface area (Å²) in [5, 5.41) is 1.05. The number of rotatable bonds is 2. The maximum Gasteiger partial charge on any atom is 0.417 e. The zero-order chi connectivity index (χ0) is 14.2. The first kappa shape index (κ1) is 13.0. The van der Waals surface area contributed by atoms with Crippen molar-refractivity contribution in [3.05, 3.63) is 48.2 Å². The third-order valence-electron chi connectivity index (χ3n) is 2.63. The van der Waals surface area contributed by atoms with E-state index in [1.165, 1.54) is 17.8 Å². The van der Waals surface area contributed by atoms with Gasteiger partial charge in [0.1, 0.15) is 5.03 Å². The minimum absolute atomic E-state index is 0.456. The Morgan fingerprint density at radius 2 is 1.85 bits per heavy atom. The molecule has 7 heteroatoms. The second kappa shape index (κ2) is 4.82. The van der Waals surface area contributed by atoms with Gasteiger partial charge in [-0.05, 0) is 36.0 Å². The lowest BCUT2D eigenvalue weighted by Gasteiger charge is -2.05. The van der Waals surface area contributed by atoms with Crippen molar-refractivity contribution in [3.63, 3.8) is 0 Å². The molecule has 0 bridgehead atoms. The molecule has 1 aromatic carbocycles. The molecule has 0 unspecified atom stereocenters. The molecule has 0 saturated heterocycles. The highest BCUT2D eigenvalue weighted by Gasteiger charge is 2.30. The predicted octanol–water partition coefficient (Wildman–Crippen LogP) is 4.13. The maximum absolute atomic E-state index is 12.4. The number of alkyl halides is 3. The van der Waals surface area contributed by atoms with E-state index in [4.69, 9.17) is 0 Å². The number of para-hydroxylation sites is 2. The molecular formula is C13H8F3N3S. The lowest BCUT2D eigenvalue weighted by Crippen LogP contribution is -2.05. The zero-order valence-corrected chi connectivity index (χ0v) is 10.8. The molecule has 0 amide bonds. The number of nitrogens with one attached hydrogen (secondary N) is 1. The summed E-state index contributed by atoms with van der Waals surface area (Å²) in [6, 6.07) is 9.83. The van der Waals surface area contributed by atoms with Crippen LogP contribution in [0.5, 0.6) is 0 Å². The third kappa shape index (κ3) is 2.62. The molecule has 0 saturated carbocycles. The van der Waals surface area contributed by atoms with Gasteiger partial charge >= 0.3 is 6.18 Å². The second-order valence-electron chi connectivity index (χ2n) is 4.04. The Morgan fingerprint density at radius 3 is 2.50 bits per heavy atom. The molecule has 0 radical (unpaired) electrons. The van der Waals surface area contributed by atoms with E-state index in [0.717, 1.165) is 23.3 Å². The monoisotopic (exact) mass is 295 g/mol. The summed E-state index contributed by atoms with van der Waals surface area (Å²) in [5.41, 5.74) is 0.926. The van der Waals surface area contributed by atoms with Gasteiger partial charge in [0.15, 0.2) is 5.16 Å². The van der Waals surface area contributed by atoms with Crippen LogP contribution in [-0.2, 0) is 6.18 Å². The summed E-state index contributed by atoms with van der Waals surface area (Å²) in [4.78, 5) is 11.2. The van der Waals surface area contributed by atoms with E-state index >= 15 is 0 Å². The molecule has 2 heterocycles. The molecule has 0 fully saturated rings. The van der Waals surface area contributed by atoms with Crippen molar-refractivity contribution in [3.8, 4) is 0 Å². The first-order valence-corrected chi connectivity index (χ1v) is 6.50. The van der Waals surface area contributed by atoms with Crippen LogP contribution in [0, 0.1) is 0 Å². The number of halogens is 3. The van der Waals surface area contributed by atoms with E-state index in [1.807, 2.05) is 24.3 Å². The molecule has 3 rings (SSSR count). The smallest absolute Gasteiger partial charge is 0.333 e. The molecule has 102 valence electrons. The maximum atomic E-state index is 12.4. The number of H-pyrrole nitrogens is 1. The molecule has 0 aliphatic carbocycles. The highest BCUT2D eigenvalue weighted by Crippen LogP contribution is 2.31. The van der Waals surface area contributed by atoms with E-state index in [2.05, 4.69) is 15.0 Å². The van der Waals surface area contributed by atoms with E-state index in [9.17, 15) is 13.2 Å². The Hall–Kier alpha value is -2.02. The number of pyridine rings is 1. The number of hydrogen-bond acceptors (Lipinski definition) is 3. The quantitative estimate of drug-likeness (QED) is 0.773. The Labute approximate surface area is 116 Å². The minimum atomic E-state index is -4.37. The topological polar surface area (TPSA) is 41.6 Å². The van der Waals surface area contributed by atoms with E-state index in [0.29, 0.717) is 10.2 Å². The third-order valence-corrected chi connectivity index (χ3v) is 3.47. The number of aromatic amines is 1. The lowest BCUT2D eigenvalue weighted by molar-refractivity contribution is -0.137. The van der Waals surface area contributed by atoms with Crippen LogP contribution in [-0.4, -0.2) is 15.0 Å². The fourth-order valence-corrected chi connectivity index (χ4v) is 2.43. The Kier molecular flexibility index (Phi) is 3.13. The molecule has 0 aliphatic heterocycles. The van der Waals surface area contributed by atoms with Gasteiger partial charge in [0, 0.05) is 6.20 Å². The average molecular weight is 295 g/mol. The first-order valence-electron chi connectivity index (χ1n) is 5.68. The van der Waals surface area contributed by atoms with Crippen molar-refractivity contribution in [1.29, 1.82) is 0 Å². The van der Waals surface area contributed by atoms with Crippen molar-refractivity contribution >= 4 is 22.8 Å². The van der Waals surface area contributed by atoms with Gasteiger partial charge in [0.2, 0.25) is 0 Å². The SMILES string of the molecule is FC(F)(F)c1ccc(Sc2nc3ccccc3[nH]2)nc1. The zero-order valence-electron chi connectivity index (χ0n) is 9.98. The fourth-order valence-electron chi connectivity index (χ4n) is 1.69. The summed E-state index contributed by atoms with van der Waals surface area (Å²) < 4.78 is 37.3. The minimum Gasteiger partial charge on any atom is -0.333 e. The first-order chi connectivity index (χ1) is 9.52. The molecule has 3 aromatic rings. The molecule has 3 nitrogen and oxygen atoms in total. The van der Waals surface area contributed by atoms with Gasteiger partial charge in [-0.1, -0.05) is 12.1 Å². The highest BCUT2D eigenvalue weighted by molar-refractivity contribution is 7.99. The number of hydrogen-bond donors (Lipinski definition) is 1. The molecule has 0 aliphatic rings. The molecular weight excluding hydrogens is 287 g/mol. The van der Waals surface area contributed by atoms with Crippen LogP contribution < -0.4 is 0 Å². The van der Waals surface area contributed by atoms with Crippen molar-refractivity contribution < 1.29 is 13.2 Å². The van der Waals surface area contributed by atoms with Gasteiger partial charge in [-0.3, -0.25) is 0 Å². The van der Waals surface area contributed by atoms with Crippen LogP contribution in [0.3, 0.4) is 0 Å². The van der Waals surface area contributed by atoms with Crippen LogP contribution in [0.4, 0.5) is 13.2 Å². The summed E-state index contributed by atoms with van der Waals surface area (Å²) >= 11 is 1.19. The summed E-state index contributed by atoms with van der Waals surface area (Å²) in [5.74, 6) is 0. The van der Waals surface area contributed by atoms with Gasteiger partial charge in [-0.2, -0.15) is 13.2 Å². The number of nitrogens with zero attached hydrogens (tertiary/aromatic N) is 2. The Morgan fingerprint density at radius 1 is 1.05 bits per heavy atom. The van der Waals surface area contributed by atoms with Gasteiger partial charge in [0.05, 0.1) is 16.6 Å². The number of fused-ring (bicyclic) bond motifs is 1. The van der Waals surface area contributed by atoms with Gasteiger partial charge in [-0.25, -0.2) is 9.97 Å². The van der Waals surface area contributed by atoms with Crippen LogP contribution in [0.25, 0.3) is 11.0 Å². The number of aromatic nitrogens is 3. The number of benzene rings is 1. The van der Waals surface area contributed by atoms with Crippen molar-refractivity contribution in [2.45, 2.75) is 16.4 Å². The van der Waals surface area contributed by atoms with E-state index in [-0.39, 0.29) is 0 Å². The largest absolute Gasteiger partial charge is 0.417 e. The van der Waals surface area contributed by atoms with Crippen LogP contribution in [0.1, 0.15) is 5.56 Å². The van der Waals surface area contributed by atoms with Crippen molar-refractivity contribution in [1.82, 2.24) is 15.0 Å². The molecule has 1 N–H and O–H groups in total. The summed E-state index contributed by atoms with van der Waals surface area (Å²) in [7, 11) is 0. The van der Waals surface area contributed by atoms with Crippen molar-refractivity contribution in [2.75, 3.05) is 0 Å². The van der Waals surface area contributed by atoms with Crippen LogP contribution >= 0.6 is 11.8 Å². The van der Waals surface area contributed by atoms with Gasteiger partial charge in [0.25, 0.3) is 0 Å². The molecule has 2 aromatic heterocycles.